The maximum Gasteiger partial charge on any atom is 0.263 e. The van der Waals surface area contributed by atoms with Gasteiger partial charge in [-0.3, -0.25) is 4.79 Å². The normalized spacial score (nSPS) is 11.7. The highest BCUT2D eigenvalue weighted by Crippen LogP contribution is 2.32. The molecular weight excluding hydrogens is 260 g/mol. The van der Waals surface area contributed by atoms with Crippen LogP contribution in [-0.2, 0) is 0 Å². The molecule has 0 radical (unpaired) electrons. The maximum atomic E-state index is 12.3. The van der Waals surface area contributed by atoms with Gasteiger partial charge in [-0.2, -0.15) is 5.10 Å². The number of nitrogen functional groups attached to an aromatic ring is 1. The molecule has 0 aliphatic rings. The fraction of sp³-hybridized carbons (Fsp3) is 0.462. The average Bonchev–Trinajstić information content (AvgIpc) is 2.76. The Labute approximate surface area is 116 Å². The van der Waals surface area contributed by atoms with Crippen molar-refractivity contribution in [3.63, 3.8) is 0 Å². The van der Waals surface area contributed by atoms with Crippen molar-refractivity contribution < 1.29 is 4.79 Å². The third-order valence-corrected chi connectivity index (χ3v) is 4.71. The molecule has 0 unspecified atom stereocenters. The van der Waals surface area contributed by atoms with Crippen LogP contribution in [0.3, 0.4) is 0 Å². The SMILES string of the molecule is CCC(C)(CC)NC(=O)c1sc2nnccc2c1N. The van der Waals surface area contributed by atoms with E-state index in [-0.39, 0.29) is 11.4 Å². The van der Waals surface area contributed by atoms with E-state index in [1.165, 1.54) is 11.3 Å². The summed E-state index contributed by atoms with van der Waals surface area (Å²) in [5.41, 5.74) is 6.31. The van der Waals surface area contributed by atoms with Crippen molar-refractivity contribution in [2.45, 2.75) is 39.2 Å². The largest absolute Gasteiger partial charge is 0.397 e. The van der Waals surface area contributed by atoms with Crippen LogP contribution in [0, 0.1) is 0 Å². The zero-order valence-electron chi connectivity index (χ0n) is 11.4. The Balaban J connectivity index is 2.34. The lowest BCUT2D eigenvalue weighted by Crippen LogP contribution is -2.44. The smallest absolute Gasteiger partial charge is 0.263 e. The topological polar surface area (TPSA) is 80.9 Å². The molecule has 102 valence electrons. The van der Waals surface area contributed by atoms with E-state index in [9.17, 15) is 4.79 Å². The molecule has 0 aromatic carbocycles. The summed E-state index contributed by atoms with van der Waals surface area (Å²) < 4.78 is 0. The summed E-state index contributed by atoms with van der Waals surface area (Å²) in [7, 11) is 0. The van der Waals surface area contributed by atoms with E-state index in [0.717, 1.165) is 18.2 Å². The fourth-order valence-electron chi connectivity index (χ4n) is 1.80. The number of nitrogens with one attached hydrogen (secondary N) is 1. The average molecular weight is 278 g/mol. The van der Waals surface area contributed by atoms with Crippen molar-refractivity contribution in [2.75, 3.05) is 5.73 Å². The van der Waals surface area contributed by atoms with Crippen molar-refractivity contribution in [2.24, 2.45) is 0 Å². The number of fused-ring (bicyclic) bond motifs is 1. The Bertz CT molecular complexity index is 604. The number of anilines is 1. The van der Waals surface area contributed by atoms with Crippen molar-refractivity contribution >= 4 is 33.1 Å². The quantitative estimate of drug-likeness (QED) is 0.900. The van der Waals surface area contributed by atoms with Crippen LogP contribution in [0.1, 0.15) is 43.3 Å². The first-order chi connectivity index (χ1) is 9.00. The monoisotopic (exact) mass is 278 g/mol. The Morgan fingerprint density at radius 3 is 2.74 bits per heavy atom. The van der Waals surface area contributed by atoms with E-state index in [0.29, 0.717) is 15.4 Å². The van der Waals surface area contributed by atoms with Crippen LogP contribution >= 0.6 is 11.3 Å². The number of rotatable bonds is 4. The second kappa shape index (κ2) is 5.13. The van der Waals surface area contributed by atoms with Gasteiger partial charge in [0.1, 0.15) is 9.71 Å². The Kier molecular flexibility index (Phi) is 3.71. The molecule has 2 aromatic rings. The van der Waals surface area contributed by atoms with Crippen LogP contribution in [-0.4, -0.2) is 21.6 Å². The van der Waals surface area contributed by atoms with Gasteiger partial charge >= 0.3 is 0 Å². The molecule has 0 aliphatic carbocycles. The van der Waals surface area contributed by atoms with Gasteiger partial charge in [-0.05, 0) is 25.8 Å². The number of carbonyl (C=O) groups is 1. The van der Waals surface area contributed by atoms with Crippen LogP contribution in [0.25, 0.3) is 10.2 Å². The zero-order chi connectivity index (χ0) is 14.0. The van der Waals surface area contributed by atoms with Crippen LogP contribution in [0.15, 0.2) is 12.3 Å². The summed E-state index contributed by atoms with van der Waals surface area (Å²) >= 11 is 1.28. The molecule has 0 atom stereocenters. The minimum absolute atomic E-state index is 0.133. The Morgan fingerprint density at radius 2 is 2.16 bits per heavy atom. The number of nitrogens with zero attached hydrogens (tertiary/aromatic N) is 2. The van der Waals surface area contributed by atoms with Gasteiger partial charge in [0.2, 0.25) is 0 Å². The summed E-state index contributed by atoms with van der Waals surface area (Å²) in [5.74, 6) is -0.133. The van der Waals surface area contributed by atoms with Gasteiger partial charge in [-0.1, -0.05) is 13.8 Å². The summed E-state index contributed by atoms with van der Waals surface area (Å²) in [6.45, 7) is 6.15. The number of thiophene rings is 1. The van der Waals surface area contributed by atoms with Gasteiger partial charge in [-0.15, -0.1) is 16.4 Å². The van der Waals surface area contributed by atoms with E-state index in [2.05, 4.69) is 29.4 Å². The lowest BCUT2D eigenvalue weighted by atomic mass is 9.95. The first-order valence-electron chi connectivity index (χ1n) is 6.33. The molecule has 2 heterocycles. The number of amides is 1. The predicted molar refractivity (Wildman–Crippen MR) is 78.3 cm³/mol. The summed E-state index contributed by atoms with van der Waals surface area (Å²) in [6.07, 6.45) is 3.33. The molecule has 19 heavy (non-hydrogen) atoms. The van der Waals surface area contributed by atoms with Crippen LogP contribution in [0.4, 0.5) is 5.69 Å². The molecule has 0 aliphatic heterocycles. The number of hydrogen-bond donors (Lipinski definition) is 2. The van der Waals surface area contributed by atoms with Gasteiger partial charge in [-0.25, -0.2) is 0 Å². The fourth-order valence-corrected chi connectivity index (χ4v) is 2.73. The first-order valence-corrected chi connectivity index (χ1v) is 7.14. The standard InChI is InChI=1S/C13H18N4OS/c1-4-13(3,5-2)16-11(18)10-9(14)8-6-7-15-17-12(8)19-10/h6-7H,4-5,14H2,1-3H3,(H,16,18). The van der Waals surface area contributed by atoms with Gasteiger partial charge in [0, 0.05) is 10.9 Å². The van der Waals surface area contributed by atoms with Gasteiger partial charge in [0.15, 0.2) is 0 Å². The van der Waals surface area contributed by atoms with Crippen LogP contribution in [0.2, 0.25) is 0 Å². The number of carbonyl (C=O) groups excluding carboxylic acids is 1. The van der Waals surface area contributed by atoms with E-state index in [1.54, 1.807) is 12.3 Å². The molecule has 5 nitrogen and oxygen atoms in total. The van der Waals surface area contributed by atoms with E-state index >= 15 is 0 Å². The molecule has 2 rings (SSSR count). The van der Waals surface area contributed by atoms with Gasteiger partial charge < -0.3 is 11.1 Å². The second-order valence-corrected chi connectivity index (χ2v) is 5.82. The molecule has 1 amide bonds. The van der Waals surface area contributed by atoms with Gasteiger partial charge in [0.25, 0.3) is 5.91 Å². The van der Waals surface area contributed by atoms with E-state index in [4.69, 9.17) is 5.73 Å². The molecule has 0 saturated carbocycles. The lowest BCUT2D eigenvalue weighted by molar-refractivity contribution is 0.0906. The van der Waals surface area contributed by atoms with Gasteiger partial charge in [0.05, 0.1) is 11.9 Å². The molecule has 0 spiro atoms. The molecule has 0 saturated heterocycles. The number of aromatic nitrogens is 2. The molecule has 2 aromatic heterocycles. The molecule has 0 fully saturated rings. The van der Waals surface area contributed by atoms with E-state index in [1.807, 2.05) is 6.92 Å². The van der Waals surface area contributed by atoms with Crippen LogP contribution in [0.5, 0.6) is 0 Å². The van der Waals surface area contributed by atoms with Crippen LogP contribution < -0.4 is 11.1 Å². The molecule has 3 N–H and O–H groups in total. The molecular formula is C13H18N4OS. The van der Waals surface area contributed by atoms with Crippen molar-refractivity contribution in [3.8, 4) is 0 Å². The maximum absolute atomic E-state index is 12.3. The highest BCUT2D eigenvalue weighted by atomic mass is 32.1. The van der Waals surface area contributed by atoms with Crippen molar-refractivity contribution in [3.05, 3.63) is 17.1 Å². The third-order valence-electron chi connectivity index (χ3n) is 3.60. The predicted octanol–water partition coefficient (Wildman–Crippen LogP) is 2.58. The Morgan fingerprint density at radius 1 is 1.47 bits per heavy atom. The summed E-state index contributed by atoms with van der Waals surface area (Å²) in [4.78, 5) is 13.6. The van der Waals surface area contributed by atoms with Crippen molar-refractivity contribution in [1.29, 1.82) is 0 Å². The van der Waals surface area contributed by atoms with Crippen molar-refractivity contribution in [1.82, 2.24) is 15.5 Å². The second-order valence-electron chi connectivity index (χ2n) is 4.82. The third kappa shape index (κ3) is 2.53. The number of nitrogens with two attached hydrogens (primary N) is 1. The molecule has 6 heteroatoms. The minimum Gasteiger partial charge on any atom is -0.397 e. The molecule has 0 bridgehead atoms. The first kappa shape index (κ1) is 13.7. The highest BCUT2D eigenvalue weighted by Gasteiger charge is 2.25. The Hall–Kier alpha value is -1.69. The number of hydrogen-bond acceptors (Lipinski definition) is 5. The lowest BCUT2D eigenvalue weighted by Gasteiger charge is -2.28. The summed E-state index contributed by atoms with van der Waals surface area (Å²) in [6, 6.07) is 1.78. The highest BCUT2D eigenvalue weighted by molar-refractivity contribution is 7.21. The zero-order valence-corrected chi connectivity index (χ0v) is 12.2. The minimum atomic E-state index is -0.203. The van der Waals surface area contributed by atoms with E-state index < -0.39 is 0 Å². The summed E-state index contributed by atoms with van der Waals surface area (Å²) in [5, 5.41) is 11.6.